The molecule has 0 radical (unpaired) electrons. The maximum atomic E-state index is 12.0. The molecule has 0 unspecified atom stereocenters. The first-order chi connectivity index (χ1) is 9.72. The number of ether oxygens (including phenoxy) is 1. The minimum atomic E-state index is -0.309. The van der Waals surface area contributed by atoms with Gasteiger partial charge in [0, 0.05) is 18.0 Å². The van der Waals surface area contributed by atoms with Crippen LogP contribution in [0.3, 0.4) is 0 Å². The summed E-state index contributed by atoms with van der Waals surface area (Å²) in [6.45, 7) is 1.82. The predicted molar refractivity (Wildman–Crippen MR) is 76.9 cm³/mol. The molecule has 0 spiro atoms. The Hall–Kier alpha value is -2.69. The molecule has 20 heavy (non-hydrogen) atoms. The fourth-order valence-electron chi connectivity index (χ4n) is 1.68. The summed E-state index contributed by atoms with van der Waals surface area (Å²) in [5, 5.41) is 4.08. The average molecular weight is 269 g/mol. The fraction of sp³-hybridized carbons (Fsp3) is 0.133. The zero-order valence-electron chi connectivity index (χ0n) is 11.3. The van der Waals surface area contributed by atoms with Crippen molar-refractivity contribution in [3.63, 3.8) is 0 Å². The van der Waals surface area contributed by atoms with Crippen LogP contribution in [0.4, 0.5) is 0 Å². The van der Waals surface area contributed by atoms with Gasteiger partial charge in [-0.1, -0.05) is 12.1 Å². The quantitative estimate of drug-likeness (QED) is 0.684. The van der Waals surface area contributed by atoms with Gasteiger partial charge < -0.3 is 4.74 Å². The van der Waals surface area contributed by atoms with Crippen LogP contribution in [0.15, 0.2) is 53.9 Å². The molecule has 2 rings (SSSR count). The first-order valence-electron chi connectivity index (χ1n) is 6.10. The molecule has 2 aromatic rings. The number of carbonyl (C=O) groups is 1. The normalized spacial score (nSPS) is 11.0. The first-order valence-corrected chi connectivity index (χ1v) is 6.10. The molecule has 1 aromatic carbocycles. The summed E-state index contributed by atoms with van der Waals surface area (Å²) >= 11 is 0. The van der Waals surface area contributed by atoms with Gasteiger partial charge in [0.2, 0.25) is 0 Å². The van der Waals surface area contributed by atoms with E-state index < -0.39 is 0 Å². The summed E-state index contributed by atoms with van der Waals surface area (Å²) in [6, 6.07) is 10.7. The third kappa shape index (κ3) is 3.20. The van der Waals surface area contributed by atoms with Crippen LogP contribution in [-0.2, 0) is 0 Å². The highest BCUT2D eigenvalue weighted by molar-refractivity contribution is 6.01. The topological polar surface area (TPSA) is 63.6 Å². The monoisotopic (exact) mass is 269 g/mol. The van der Waals surface area contributed by atoms with Crippen molar-refractivity contribution in [2.45, 2.75) is 6.92 Å². The number of benzene rings is 1. The zero-order valence-corrected chi connectivity index (χ0v) is 11.3. The van der Waals surface area contributed by atoms with Crippen molar-refractivity contribution in [1.82, 2.24) is 10.4 Å². The van der Waals surface area contributed by atoms with E-state index in [1.165, 1.54) is 7.11 Å². The number of rotatable bonds is 4. The van der Waals surface area contributed by atoms with Gasteiger partial charge in [-0.25, -0.2) is 5.43 Å². The molecule has 0 saturated carbocycles. The molecule has 0 saturated heterocycles. The first kappa shape index (κ1) is 13.7. The number of para-hydroxylation sites is 1. The van der Waals surface area contributed by atoms with Crippen molar-refractivity contribution >= 4 is 11.6 Å². The average Bonchev–Trinajstić information content (AvgIpc) is 2.53. The van der Waals surface area contributed by atoms with Crippen LogP contribution in [0, 0.1) is 0 Å². The van der Waals surface area contributed by atoms with Gasteiger partial charge >= 0.3 is 0 Å². The molecule has 5 nitrogen and oxygen atoms in total. The van der Waals surface area contributed by atoms with Crippen molar-refractivity contribution in [1.29, 1.82) is 0 Å². The van der Waals surface area contributed by atoms with Crippen LogP contribution in [0.25, 0.3) is 0 Å². The number of nitrogens with one attached hydrogen (secondary N) is 1. The lowest BCUT2D eigenvalue weighted by Gasteiger charge is -2.07. The molecule has 102 valence electrons. The van der Waals surface area contributed by atoms with Crippen LogP contribution >= 0.6 is 0 Å². The second-order valence-corrected chi connectivity index (χ2v) is 4.07. The molecule has 0 aliphatic heterocycles. The third-order valence-corrected chi connectivity index (χ3v) is 2.77. The lowest BCUT2D eigenvalue weighted by molar-refractivity contribution is 0.0952. The molecule has 1 aromatic heterocycles. The van der Waals surface area contributed by atoms with Gasteiger partial charge in [-0.05, 0) is 31.2 Å². The molecule has 0 bridgehead atoms. The summed E-state index contributed by atoms with van der Waals surface area (Å²) in [7, 11) is 1.53. The number of nitrogens with zero attached hydrogens (tertiary/aromatic N) is 2. The van der Waals surface area contributed by atoms with Crippen molar-refractivity contribution in [3.05, 3.63) is 59.9 Å². The van der Waals surface area contributed by atoms with Crippen LogP contribution in [-0.4, -0.2) is 23.7 Å². The maximum Gasteiger partial charge on any atom is 0.275 e. The molecule has 1 N–H and O–H groups in total. The summed E-state index contributed by atoms with van der Waals surface area (Å²) in [4.78, 5) is 16.0. The summed E-state index contributed by atoms with van der Waals surface area (Å²) in [6.07, 6.45) is 3.35. The Labute approximate surface area is 117 Å². The van der Waals surface area contributed by atoms with E-state index >= 15 is 0 Å². The Morgan fingerprint density at radius 3 is 2.60 bits per heavy atom. The Bertz CT molecular complexity index is 624. The maximum absolute atomic E-state index is 12.0. The van der Waals surface area contributed by atoms with Gasteiger partial charge in [-0.3, -0.25) is 9.78 Å². The molecule has 0 aliphatic rings. The summed E-state index contributed by atoms with van der Waals surface area (Å²) in [5.41, 5.74) is 4.57. The SMILES string of the molecule is COc1ccccc1C(=O)N/N=C(\C)c1ccncc1. The van der Waals surface area contributed by atoms with E-state index in [4.69, 9.17) is 4.74 Å². The third-order valence-electron chi connectivity index (χ3n) is 2.77. The molecule has 0 fully saturated rings. The van der Waals surface area contributed by atoms with Crippen molar-refractivity contribution in [2.75, 3.05) is 7.11 Å². The number of carbonyl (C=O) groups excluding carboxylic acids is 1. The van der Waals surface area contributed by atoms with Crippen LogP contribution < -0.4 is 10.2 Å². The Morgan fingerprint density at radius 1 is 1.20 bits per heavy atom. The highest BCUT2D eigenvalue weighted by atomic mass is 16.5. The highest BCUT2D eigenvalue weighted by Gasteiger charge is 2.10. The molecular weight excluding hydrogens is 254 g/mol. The lowest BCUT2D eigenvalue weighted by Crippen LogP contribution is -2.20. The number of amides is 1. The van der Waals surface area contributed by atoms with E-state index in [-0.39, 0.29) is 5.91 Å². The van der Waals surface area contributed by atoms with E-state index in [2.05, 4.69) is 15.5 Å². The second kappa shape index (κ2) is 6.47. The summed E-state index contributed by atoms with van der Waals surface area (Å²) in [5.74, 6) is 0.206. The van der Waals surface area contributed by atoms with E-state index in [0.717, 1.165) is 5.56 Å². The van der Waals surface area contributed by atoms with Crippen LogP contribution in [0.5, 0.6) is 5.75 Å². The molecular formula is C15H15N3O2. The van der Waals surface area contributed by atoms with Gasteiger partial charge in [0.05, 0.1) is 18.4 Å². The zero-order chi connectivity index (χ0) is 14.4. The minimum absolute atomic E-state index is 0.309. The summed E-state index contributed by atoms with van der Waals surface area (Å²) < 4.78 is 5.14. The van der Waals surface area contributed by atoms with Crippen LogP contribution in [0.1, 0.15) is 22.8 Å². The number of aromatic nitrogens is 1. The van der Waals surface area contributed by atoms with Gasteiger partial charge in [0.25, 0.3) is 5.91 Å². The van der Waals surface area contributed by atoms with E-state index in [1.807, 2.05) is 19.1 Å². The number of methoxy groups -OCH3 is 1. The Morgan fingerprint density at radius 2 is 1.90 bits per heavy atom. The van der Waals surface area contributed by atoms with Crippen molar-refractivity contribution < 1.29 is 9.53 Å². The molecule has 0 aliphatic carbocycles. The van der Waals surface area contributed by atoms with Gasteiger partial charge in [-0.15, -0.1) is 0 Å². The number of pyridine rings is 1. The molecule has 5 heteroatoms. The van der Waals surface area contributed by atoms with Gasteiger partial charge in [0.1, 0.15) is 5.75 Å². The fourth-order valence-corrected chi connectivity index (χ4v) is 1.68. The van der Waals surface area contributed by atoms with E-state index in [0.29, 0.717) is 17.0 Å². The molecule has 1 heterocycles. The predicted octanol–water partition coefficient (Wildman–Crippen LogP) is 2.24. The number of hydrogen-bond donors (Lipinski definition) is 1. The Balaban J connectivity index is 2.12. The second-order valence-electron chi connectivity index (χ2n) is 4.07. The van der Waals surface area contributed by atoms with Crippen molar-refractivity contribution in [2.24, 2.45) is 5.10 Å². The molecule has 0 atom stereocenters. The van der Waals surface area contributed by atoms with Gasteiger partial charge in [-0.2, -0.15) is 5.10 Å². The molecule has 1 amide bonds. The largest absolute Gasteiger partial charge is 0.496 e. The van der Waals surface area contributed by atoms with Gasteiger partial charge in [0.15, 0.2) is 0 Å². The number of hydrazone groups is 1. The van der Waals surface area contributed by atoms with Crippen molar-refractivity contribution in [3.8, 4) is 5.75 Å². The lowest BCUT2D eigenvalue weighted by atomic mass is 10.2. The van der Waals surface area contributed by atoms with E-state index in [1.54, 1.807) is 36.7 Å². The highest BCUT2D eigenvalue weighted by Crippen LogP contribution is 2.16. The Kier molecular flexibility index (Phi) is 4.44. The van der Waals surface area contributed by atoms with Crippen LogP contribution in [0.2, 0.25) is 0 Å². The van der Waals surface area contributed by atoms with E-state index in [9.17, 15) is 4.79 Å². The smallest absolute Gasteiger partial charge is 0.275 e. The standard InChI is InChI=1S/C15H15N3O2/c1-11(12-7-9-16-10-8-12)17-18-15(19)13-5-3-4-6-14(13)20-2/h3-10H,1-2H3,(H,18,19)/b17-11+. The minimum Gasteiger partial charge on any atom is -0.496 e. The number of hydrogen-bond acceptors (Lipinski definition) is 4.